The highest BCUT2D eigenvalue weighted by Crippen LogP contribution is 2.35. The van der Waals surface area contributed by atoms with E-state index >= 15 is 0 Å². The molecule has 172 valence electrons. The van der Waals surface area contributed by atoms with Crippen LogP contribution in [-0.2, 0) is 6.54 Å². The maximum atomic E-state index is 9.01. The minimum absolute atomic E-state index is 0.369. The van der Waals surface area contributed by atoms with Gasteiger partial charge < -0.3 is 19.3 Å². The van der Waals surface area contributed by atoms with E-state index in [4.69, 9.17) is 14.7 Å². The van der Waals surface area contributed by atoms with Crippen LogP contribution in [0.1, 0.15) is 5.56 Å². The smallest absolute Gasteiger partial charge is 0.163 e. The topological polar surface area (TPSA) is 118 Å². The van der Waals surface area contributed by atoms with Crippen LogP contribution in [0.5, 0.6) is 11.5 Å². The minimum atomic E-state index is 0.369. The number of tetrazole rings is 1. The Hall–Kier alpha value is -4.46. The molecule has 0 N–H and O–H groups in total. The molecule has 1 saturated heterocycles. The number of nitrogens with zero attached hydrogens (tertiary/aromatic N) is 9. The zero-order chi connectivity index (χ0) is 23.3. The molecule has 11 heteroatoms. The van der Waals surface area contributed by atoms with Gasteiger partial charge in [0.15, 0.2) is 17.8 Å². The molecule has 5 rings (SSSR count). The summed E-state index contributed by atoms with van der Waals surface area (Å²) in [5, 5.41) is 21.4. The lowest BCUT2D eigenvalue weighted by Crippen LogP contribution is -2.46. The first kappa shape index (κ1) is 21.4. The molecule has 0 radical (unpaired) electrons. The van der Waals surface area contributed by atoms with Crippen molar-refractivity contribution in [2.24, 2.45) is 0 Å². The quantitative estimate of drug-likeness (QED) is 0.407. The van der Waals surface area contributed by atoms with Crippen LogP contribution in [0.3, 0.4) is 0 Å². The number of methoxy groups -OCH3 is 1. The summed E-state index contributed by atoms with van der Waals surface area (Å²) < 4.78 is 11.5. The highest BCUT2D eigenvalue weighted by atomic mass is 16.5. The van der Waals surface area contributed by atoms with Crippen LogP contribution in [0, 0.1) is 11.3 Å². The standard InChI is InChI=1S/C23H23N9O2/c1-33-21-12-19-20(13-22(21)34-11-10-32-28-16-27-29-32)25-15-26-23(19)31-8-6-30(7-9-31)18-4-2-17(14-24)3-5-18/h2-5,12-13,15-16H,6-11H2,1H3. The number of aromatic nitrogens is 6. The average molecular weight is 457 g/mol. The van der Waals surface area contributed by atoms with E-state index in [2.05, 4.69) is 41.2 Å². The molecule has 0 saturated carbocycles. The molecule has 3 heterocycles. The normalized spacial score (nSPS) is 13.6. The van der Waals surface area contributed by atoms with Crippen molar-refractivity contribution < 1.29 is 9.47 Å². The predicted molar refractivity (Wildman–Crippen MR) is 125 cm³/mol. The lowest BCUT2D eigenvalue weighted by atomic mass is 10.1. The molecule has 34 heavy (non-hydrogen) atoms. The van der Waals surface area contributed by atoms with Gasteiger partial charge in [-0.1, -0.05) is 0 Å². The molecule has 11 nitrogen and oxygen atoms in total. The van der Waals surface area contributed by atoms with E-state index in [0.29, 0.717) is 30.2 Å². The molecular formula is C23H23N9O2. The van der Waals surface area contributed by atoms with Crippen molar-refractivity contribution in [3.8, 4) is 17.6 Å². The lowest BCUT2D eigenvalue weighted by molar-refractivity contribution is 0.266. The summed E-state index contributed by atoms with van der Waals surface area (Å²) in [6.45, 7) is 4.18. The van der Waals surface area contributed by atoms with E-state index < -0.39 is 0 Å². The van der Waals surface area contributed by atoms with Crippen molar-refractivity contribution >= 4 is 22.4 Å². The summed E-state index contributed by atoms with van der Waals surface area (Å²) in [6, 6.07) is 13.7. The summed E-state index contributed by atoms with van der Waals surface area (Å²) in [4.78, 5) is 15.1. The van der Waals surface area contributed by atoms with Crippen LogP contribution in [0.4, 0.5) is 11.5 Å². The van der Waals surface area contributed by atoms with Crippen molar-refractivity contribution in [3.05, 3.63) is 54.6 Å². The van der Waals surface area contributed by atoms with Crippen LogP contribution in [-0.4, -0.2) is 70.1 Å². The van der Waals surface area contributed by atoms with Crippen LogP contribution >= 0.6 is 0 Å². The summed E-state index contributed by atoms with van der Waals surface area (Å²) in [5.41, 5.74) is 2.58. The van der Waals surface area contributed by atoms with Crippen molar-refractivity contribution in [1.82, 2.24) is 30.2 Å². The number of nitriles is 1. The van der Waals surface area contributed by atoms with E-state index in [0.717, 1.165) is 48.6 Å². The first-order valence-corrected chi connectivity index (χ1v) is 10.9. The summed E-state index contributed by atoms with van der Waals surface area (Å²) in [5.74, 6) is 2.10. The van der Waals surface area contributed by atoms with Gasteiger partial charge in [0.05, 0.1) is 30.8 Å². The zero-order valence-electron chi connectivity index (χ0n) is 18.7. The van der Waals surface area contributed by atoms with Crippen LogP contribution < -0.4 is 19.3 Å². The molecule has 0 bridgehead atoms. The third-order valence-electron chi connectivity index (χ3n) is 5.78. The van der Waals surface area contributed by atoms with Gasteiger partial charge in [-0.25, -0.2) is 9.97 Å². The number of rotatable bonds is 7. The first-order chi connectivity index (χ1) is 16.7. The molecule has 4 aromatic rings. The van der Waals surface area contributed by atoms with Gasteiger partial charge in [0.2, 0.25) is 0 Å². The number of hydrogen-bond acceptors (Lipinski definition) is 10. The van der Waals surface area contributed by atoms with Crippen LogP contribution in [0.25, 0.3) is 10.9 Å². The highest BCUT2D eigenvalue weighted by molar-refractivity contribution is 5.92. The highest BCUT2D eigenvalue weighted by Gasteiger charge is 2.21. The number of hydrogen-bond donors (Lipinski definition) is 0. The SMILES string of the molecule is COc1cc2c(N3CCN(c4ccc(C#N)cc4)CC3)ncnc2cc1OCCn1ncnn1. The Morgan fingerprint density at radius 3 is 2.47 bits per heavy atom. The lowest BCUT2D eigenvalue weighted by Gasteiger charge is -2.37. The third kappa shape index (κ3) is 4.38. The summed E-state index contributed by atoms with van der Waals surface area (Å²) in [6.07, 6.45) is 2.97. The maximum absolute atomic E-state index is 9.01. The van der Waals surface area contributed by atoms with Crippen molar-refractivity contribution in [3.63, 3.8) is 0 Å². The third-order valence-corrected chi connectivity index (χ3v) is 5.78. The van der Waals surface area contributed by atoms with Crippen molar-refractivity contribution in [2.45, 2.75) is 6.54 Å². The predicted octanol–water partition coefficient (Wildman–Crippen LogP) is 1.90. The number of benzene rings is 2. The fraction of sp³-hybridized carbons (Fsp3) is 0.304. The van der Waals surface area contributed by atoms with Gasteiger partial charge in [-0.2, -0.15) is 10.1 Å². The molecule has 0 aliphatic carbocycles. The first-order valence-electron chi connectivity index (χ1n) is 10.9. The molecule has 0 spiro atoms. The van der Waals surface area contributed by atoms with E-state index in [1.807, 2.05) is 36.4 Å². The minimum Gasteiger partial charge on any atom is -0.493 e. The van der Waals surface area contributed by atoms with Crippen LogP contribution in [0.2, 0.25) is 0 Å². The Bertz CT molecular complexity index is 1290. The molecule has 0 unspecified atom stereocenters. The average Bonchev–Trinajstić information content (AvgIpc) is 3.42. The molecule has 1 aliphatic heterocycles. The number of piperazine rings is 1. The molecule has 1 fully saturated rings. The molecule has 0 atom stereocenters. The fourth-order valence-electron chi connectivity index (χ4n) is 4.03. The Balaban J connectivity index is 1.32. The van der Waals surface area contributed by atoms with Gasteiger partial charge in [-0.3, -0.25) is 0 Å². The number of fused-ring (bicyclic) bond motifs is 1. The molecule has 1 aliphatic rings. The molecular weight excluding hydrogens is 434 g/mol. The summed E-state index contributed by atoms with van der Waals surface area (Å²) in [7, 11) is 1.62. The molecule has 2 aromatic heterocycles. The van der Waals surface area contributed by atoms with Gasteiger partial charge in [-0.05, 0) is 35.5 Å². The Kier molecular flexibility index (Phi) is 6.03. The van der Waals surface area contributed by atoms with Gasteiger partial charge >= 0.3 is 0 Å². The zero-order valence-corrected chi connectivity index (χ0v) is 18.7. The molecule has 2 aromatic carbocycles. The van der Waals surface area contributed by atoms with Gasteiger partial charge in [0.1, 0.15) is 18.8 Å². The van der Waals surface area contributed by atoms with Gasteiger partial charge in [0, 0.05) is 43.3 Å². The van der Waals surface area contributed by atoms with Crippen molar-refractivity contribution in [1.29, 1.82) is 5.26 Å². The van der Waals surface area contributed by atoms with Crippen molar-refractivity contribution in [2.75, 3.05) is 49.7 Å². The molecule has 0 amide bonds. The van der Waals surface area contributed by atoms with E-state index in [9.17, 15) is 0 Å². The largest absolute Gasteiger partial charge is 0.493 e. The Morgan fingerprint density at radius 2 is 1.76 bits per heavy atom. The fourth-order valence-corrected chi connectivity index (χ4v) is 4.03. The van der Waals surface area contributed by atoms with Gasteiger partial charge in [0.25, 0.3) is 0 Å². The Morgan fingerprint density at radius 1 is 0.971 bits per heavy atom. The van der Waals surface area contributed by atoms with E-state index in [1.165, 1.54) is 11.1 Å². The van der Waals surface area contributed by atoms with E-state index in [-0.39, 0.29) is 0 Å². The van der Waals surface area contributed by atoms with Crippen LogP contribution in [0.15, 0.2) is 49.1 Å². The Labute approximate surface area is 196 Å². The summed E-state index contributed by atoms with van der Waals surface area (Å²) >= 11 is 0. The van der Waals surface area contributed by atoms with E-state index in [1.54, 1.807) is 13.4 Å². The maximum Gasteiger partial charge on any atom is 0.163 e. The second-order valence-corrected chi connectivity index (χ2v) is 7.73. The van der Waals surface area contributed by atoms with Gasteiger partial charge in [-0.15, -0.1) is 10.2 Å². The number of ether oxygens (including phenoxy) is 2. The second kappa shape index (κ2) is 9.58. The number of anilines is 2. The second-order valence-electron chi connectivity index (χ2n) is 7.73. The monoisotopic (exact) mass is 457 g/mol.